The van der Waals surface area contributed by atoms with Gasteiger partial charge in [-0.2, -0.15) is 4.31 Å². The second-order valence-electron chi connectivity index (χ2n) is 7.33. The first-order chi connectivity index (χ1) is 13.8. The fourth-order valence-corrected chi connectivity index (χ4v) is 7.29. The predicted molar refractivity (Wildman–Crippen MR) is 110 cm³/mol. The minimum absolute atomic E-state index is 0.0676. The monoisotopic (exact) mass is 434 g/mol. The van der Waals surface area contributed by atoms with Gasteiger partial charge in [-0.1, -0.05) is 30.3 Å². The van der Waals surface area contributed by atoms with Crippen molar-refractivity contribution >= 4 is 31.5 Å². The number of amides is 1. The van der Waals surface area contributed by atoms with E-state index >= 15 is 0 Å². The van der Waals surface area contributed by atoms with Gasteiger partial charge in [0, 0.05) is 25.2 Å². The Kier molecular flexibility index (Phi) is 5.22. The molecular formula is C20H22N2O5S2. The van der Waals surface area contributed by atoms with Crippen LogP contribution >= 0.6 is 0 Å². The number of sulfone groups is 1. The van der Waals surface area contributed by atoms with Gasteiger partial charge in [0.2, 0.25) is 15.9 Å². The number of carbonyl (C=O) groups is 1. The van der Waals surface area contributed by atoms with Crippen LogP contribution in [0.3, 0.4) is 0 Å². The molecule has 1 fully saturated rings. The van der Waals surface area contributed by atoms with Crippen molar-refractivity contribution in [1.82, 2.24) is 4.31 Å². The maximum atomic E-state index is 13.2. The van der Waals surface area contributed by atoms with Crippen molar-refractivity contribution in [3.05, 3.63) is 59.7 Å². The molecule has 4 rings (SSSR count). The van der Waals surface area contributed by atoms with E-state index in [1.54, 1.807) is 36.4 Å². The molecule has 0 aliphatic carbocycles. The van der Waals surface area contributed by atoms with Gasteiger partial charge in [0.1, 0.15) is 0 Å². The zero-order valence-electron chi connectivity index (χ0n) is 15.7. The van der Waals surface area contributed by atoms with E-state index in [4.69, 9.17) is 0 Å². The number of nitrogens with one attached hydrogen (secondary N) is 1. The number of aryl methyl sites for hydroxylation is 1. The quantitative estimate of drug-likeness (QED) is 0.798. The molecule has 2 aliphatic heterocycles. The van der Waals surface area contributed by atoms with Crippen LogP contribution in [0.4, 0.5) is 5.69 Å². The van der Waals surface area contributed by atoms with Crippen LogP contribution in [0.25, 0.3) is 0 Å². The molecule has 1 amide bonds. The summed E-state index contributed by atoms with van der Waals surface area (Å²) in [6.45, 7) is 0.0662. The molecule has 29 heavy (non-hydrogen) atoms. The van der Waals surface area contributed by atoms with Crippen LogP contribution in [-0.4, -0.2) is 45.9 Å². The Morgan fingerprint density at radius 1 is 1.00 bits per heavy atom. The lowest BCUT2D eigenvalue weighted by Crippen LogP contribution is -2.33. The fourth-order valence-electron chi connectivity index (χ4n) is 3.88. The highest BCUT2D eigenvalue weighted by molar-refractivity contribution is 7.92. The number of rotatable bonds is 3. The van der Waals surface area contributed by atoms with E-state index in [1.807, 2.05) is 6.07 Å². The second-order valence-corrected chi connectivity index (χ2v) is 11.6. The number of fused-ring (bicyclic) bond motifs is 1. The van der Waals surface area contributed by atoms with Crippen LogP contribution in [0.1, 0.15) is 29.2 Å². The molecule has 0 aromatic heterocycles. The second kappa shape index (κ2) is 7.55. The molecule has 1 atom stereocenters. The molecule has 0 saturated carbocycles. The number of anilines is 1. The summed E-state index contributed by atoms with van der Waals surface area (Å²) in [7, 11) is -7.29. The van der Waals surface area contributed by atoms with E-state index in [1.165, 1.54) is 10.4 Å². The topological polar surface area (TPSA) is 101 Å². The average molecular weight is 435 g/mol. The van der Waals surface area contributed by atoms with Gasteiger partial charge in [-0.3, -0.25) is 4.79 Å². The van der Waals surface area contributed by atoms with Crippen molar-refractivity contribution in [2.75, 3.05) is 24.2 Å². The molecule has 0 spiro atoms. The summed E-state index contributed by atoms with van der Waals surface area (Å²) < 4.78 is 53.2. The number of hydrogen-bond donors (Lipinski definition) is 1. The molecular weight excluding hydrogens is 412 g/mol. The highest BCUT2D eigenvalue weighted by Crippen LogP contribution is 2.32. The first-order valence-corrected chi connectivity index (χ1v) is 12.6. The maximum Gasteiger partial charge on any atom is 0.243 e. The molecule has 1 saturated heterocycles. The summed E-state index contributed by atoms with van der Waals surface area (Å²) >= 11 is 0. The van der Waals surface area contributed by atoms with Gasteiger partial charge in [0.25, 0.3) is 0 Å². The molecule has 0 radical (unpaired) electrons. The standard InChI is InChI=1S/C20H22N2O5S2/c23-20-9-6-16-14-17(7-8-18(16)21-20)29(26,27)22-11-10-19(28(24,25)13-12-22)15-4-2-1-3-5-15/h1-5,7-8,14,19H,6,9-13H2,(H,21,23)/t19-/m0/s1. The molecule has 2 heterocycles. The van der Waals surface area contributed by atoms with Gasteiger partial charge in [0.15, 0.2) is 9.84 Å². The molecule has 0 bridgehead atoms. The Morgan fingerprint density at radius 3 is 2.52 bits per heavy atom. The Labute approximate surface area is 170 Å². The van der Waals surface area contributed by atoms with Gasteiger partial charge >= 0.3 is 0 Å². The summed E-state index contributed by atoms with van der Waals surface area (Å²) in [4.78, 5) is 11.6. The summed E-state index contributed by atoms with van der Waals surface area (Å²) in [5.41, 5.74) is 2.09. The van der Waals surface area contributed by atoms with Crippen LogP contribution in [0, 0.1) is 0 Å². The van der Waals surface area contributed by atoms with E-state index in [-0.39, 0.29) is 36.1 Å². The zero-order chi connectivity index (χ0) is 20.6. The van der Waals surface area contributed by atoms with E-state index < -0.39 is 25.1 Å². The largest absolute Gasteiger partial charge is 0.326 e. The molecule has 2 aromatic rings. The van der Waals surface area contributed by atoms with E-state index in [9.17, 15) is 21.6 Å². The number of nitrogens with zero attached hydrogens (tertiary/aromatic N) is 1. The average Bonchev–Trinajstić information content (AvgIpc) is 2.86. The Morgan fingerprint density at radius 2 is 1.76 bits per heavy atom. The Hall–Kier alpha value is -2.23. The van der Waals surface area contributed by atoms with Crippen molar-refractivity contribution < 1.29 is 21.6 Å². The predicted octanol–water partition coefficient (Wildman–Crippen LogP) is 2.12. The van der Waals surface area contributed by atoms with Gasteiger partial charge in [-0.05, 0) is 42.2 Å². The summed E-state index contributed by atoms with van der Waals surface area (Å²) in [5, 5.41) is 2.03. The third kappa shape index (κ3) is 3.94. The first-order valence-electron chi connectivity index (χ1n) is 9.47. The summed E-state index contributed by atoms with van der Waals surface area (Å²) in [6.07, 6.45) is 1.01. The number of hydrogen-bond acceptors (Lipinski definition) is 5. The maximum absolute atomic E-state index is 13.2. The molecule has 9 heteroatoms. The number of carbonyl (C=O) groups excluding carboxylic acids is 1. The number of sulfonamides is 1. The number of benzene rings is 2. The molecule has 0 unspecified atom stereocenters. The van der Waals surface area contributed by atoms with Crippen molar-refractivity contribution in [3.8, 4) is 0 Å². The fraction of sp³-hybridized carbons (Fsp3) is 0.350. The molecule has 7 nitrogen and oxygen atoms in total. The van der Waals surface area contributed by atoms with E-state index in [0.717, 1.165) is 5.56 Å². The van der Waals surface area contributed by atoms with Gasteiger partial charge in [0.05, 0.1) is 15.9 Å². The van der Waals surface area contributed by atoms with Gasteiger partial charge in [-0.25, -0.2) is 16.8 Å². The lowest BCUT2D eigenvalue weighted by molar-refractivity contribution is -0.116. The SMILES string of the molecule is O=C1CCc2cc(S(=O)(=O)N3CC[C@@H](c4ccccc4)S(=O)(=O)CC3)ccc2N1. The first kappa shape index (κ1) is 20.1. The normalized spacial score (nSPS) is 22.3. The highest BCUT2D eigenvalue weighted by atomic mass is 32.2. The van der Waals surface area contributed by atoms with Crippen LogP contribution in [-0.2, 0) is 31.1 Å². The Balaban J connectivity index is 1.61. The van der Waals surface area contributed by atoms with Crippen molar-refractivity contribution in [1.29, 1.82) is 0 Å². The lowest BCUT2D eigenvalue weighted by Gasteiger charge is -2.22. The van der Waals surface area contributed by atoms with Crippen LogP contribution in [0.5, 0.6) is 0 Å². The van der Waals surface area contributed by atoms with Crippen molar-refractivity contribution in [3.63, 3.8) is 0 Å². The molecule has 154 valence electrons. The lowest BCUT2D eigenvalue weighted by atomic mass is 10.0. The third-order valence-corrected chi connectivity index (χ3v) is 9.50. The zero-order valence-corrected chi connectivity index (χ0v) is 17.4. The molecule has 2 aromatic carbocycles. The minimum atomic E-state index is -3.83. The minimum Gasteiger partial charge on any atom is -0.326 e. The smallest absolute Gasteiger partial charge is 0.243 e. The highest BCUT2D eigenvalue weighted by Gasteiger charge is 2.35. The van der Waals surface area contributed by atoms with Crippen LogP contribution in [0.15, 0.2) is 53.4 Å². The molecule has 1 N–H and O–H groups in total. The third-order valence-electron chi connectivity index (χ3n) is 5.48. The Bertz CT molecular complexity index is 1140. The van der Waals surface area contributed by atoms with E-state index in [0.29, 0.717) is 24.1 Å². The van der Waals surface area contributed by atoms with Crippen molar-refractivity contribution in [2.24, 2.45) is 0 Å². The van der Waals surface area contributed by atoms with Gasteiger partial charge in [-0.15, -0.1) is 0 Å². The molecule has 2 aliphatic rings. The van der Waals surface area contributed by atoms with Crippen LogP contribution in [0.2, 0.25) is 0 Å². The van der Waals surface area contributed by atoms with Gasteiger partial charge < -0.3 is 5.32 Å². The summed E-state index contributed by atoms with van der Waals surface area (Å²) in [5.74, 6) is -0.301. The van der Waals surface area contributed by atoms with Crippen LogP contribution < -0.4 is 5.32 Å². The van der Waals surface area contributed by atoms with E-state index in [2.05, 4.69) is 5.32 Å². The van der Waals surface area contributed by atoms with Crippen molar-refractivity contribution in [2.45, 2.75) is 29.4 Å². The summed E-state index contributed by atoms with van der Waals surface area (Å²) in [6, 6.07) is 13.6.